The maximum absolute atomic E-state index is 5.67. The summed E-state index contributed by atoms with van der Waals surface area (Å²) in [7, 11) is 0. The molecule has 1 unspecified atom stereocenters. The van der Waals surface area contributed by atoms with E-state index >= 15 is 0 Å². The molecule has 0 saturated carbocycles. The molecular weight excluding hydrogens is 264 g/mol. The van der Waals surface area contributed by atoms with E-state index < -0.39 is 0 Å². The van der Waals surface area contributed by atoms with Gasteiger partial charge in [-0.25, -0.2) is 0 Å². The number of hydrogen-bond acceptors (Lipinski definition) is 2. The Morgan fingerprint density at radius 3 is 3.00 bits per heavy atom. The normalized spacial score (nSPS) is 20.4. The highest BCUT2D eigenvalue weighted by atomic mass is 79.9. The van der Waals surface area contributed by atoms with Crippen LogP contribution in [0, 0.1) is 6.92 Å². The topological polar surface area (TPSA) is 29.3 Å². The van der Waals surface area contributed by atoms with E-state index in [0.717, 1.165) is 19.5 Å². The van der Waals surface area contributed by atoms with Crippen molar-refractivity contribution < 1.29 is 0 Å². The highest BCUT2D eigenvalue weighted by Gasteiger charge is 2.25. The largest absolute Gasteiger partial charge is 0.368 e. The molecule has 1 atom stereocenters. The number of nitrogens with two attached hydrogens (primary N) is 1. The van der Waals surface area contributed by atoms with Gasteiger partial charge in [0.05, 0.1) is 5.69 Å². The Morgan fingerprint density at radius 1 is 1.50 bits per heavy atom. The molecular formula is C13H19BrN2. The lowest BCUT2D eigenvalue weighted by Crippen LogP contribution is -2.31. The van der Waals surface area contributed by atoms with Crippen molar-refractivity contribution in [1.82, 2.24) is 0 Å². The van der Waals surface area contributed by atoms with Gasteiger partial charge in [0.1, 0.15) is 0 Å². The van der Waals surface area contributed by atoms with E-state index in [1.54, 1.807) is 0 Å². The van der Waals surface area contributed by atoms with E-state index in [2.05, 4.69) is 46.0 Å². The Labute approximate surface area is 106 Å². The van der Waals surface area contributed by atoms with Gasteiger partial charge in [0.15, 0.2) is 0 Å². The monoisotopic (exact) mass is 282 g/mol. The van der Waals surface area contributed by atoms with Crippen LogP contribution in [0.25, 0.3) is 0 Å². The summed E-state index contributed by atoms with van der Waals surface area (Å²) in [4.78, 5) is 2.50. The van der Waals surface area contributed by atoms with Gasteiger partial charge in [0, 0.05) is 17.1 Å². The highest BCUT2D eigenvalue weighted by Crippen LogP contribution is 2.33. The van der Waals surface area contributed by atoms with Crippen LogP contribution in [0.3, 0.4) is 0 Å². The zero-order valence-electron chi connectivity index (χ0n) is 9.75. The van der Waals surface area contributed by atoms with Crippen LogP contribution in [-0.4, -0.2) is 19.1 Å². The van der Waals surface area contributed by atoms with E-state index in [1.165, 1.54) is 28.6 Å². The van der Waals surface area contributed by atoms with Crippen molar-refractivity contribution >= 4 is 21.6 Å². The summed E-state index contributed by atoms with van der Waals surface area (Å²) in [6.45, 7) is 4.06. The summed E-state index contributed by atoms with van der Waals surface area (Å²) in [6.07, 6.45) is 3.66. The third-order valence-electron chi connectivity index (χ3n) is 3.29. The van der Waals surface area contributed by atoms with E-state index in [0.29, 0.717) is 6.04 Å². The minimum Gasteiger partial charge on any atom is -0.368 e. The standard InChI is InChI=1S/C13H19BrN2/c1-10-4-5-13(12(14)9-10)16-8-2-3-11(16)6-7-15/h4-5,9,11H,2-3,6-8,15H2,1H3. The fraction of sp³-hybridized carbons (Fsp3) is 0.538. The Balaban J connectivity index is 2.22. The van der Waals surface area contributed by atoms with Gasteiger partial charge in [0.25, 0.3) is 0 Å². The van der Waals surface area contributed by atoms with E-state index in [4.69, 9.17) is 5.73 Å². The summed E-state index contributed by atoms with van der Waals surface area (Å²) >= 11 is 3.66. The molecule has 1 heterocycles. The number of nitrogens with zero attached hydrogens (tertiary/aromatic N) is 1. The van der Waals surface area contributed by atoms with Gasteiger partial charge in [0.2, 0.25) is 0 Å². The van der Waals surface area contributed by atoms with Crippen LogP contribution in [0.4, 0.5) is 5.69 Å². The van der Waals surface area contributed by atoms with Crippen molar-refractivity contribution in [3.63, 3.8) is 0 Å². The van der Waals surface area contributed by atoms with Gasteiger partial charge in [-0.1, -0.05) is 6.07 Å². The molecule has 0 aliphatic carbocycles. The third kappa shape index (κ3) is 2.41. The van der Waals surface area contributed by atoms with E-state index in [1.807, 2.05) is 0 Å². The SMILES string of the molecule is Cc1ccc(N2CCCC2CCN)c(Br)c1. The molecule has 0 spiro atoms. The minimum atomic E-state index is 0.629. The first-order valence-electron chi connectivity index (χ1n) is 5.95. The molecule has 3 heteroatoms. The summed E-state index contributed by atoms with van der Waals surface area (Å²) < 4.78 is 1.21. The van der Waals surface area contributed by atoms with Gasteiger partial charge in [-0.15, -0.1) is 0 Å². The van der Waals surface area contributed by atoms with E-state index in [9.17, 15) is 0 Å². The molecule has 1 fully saturated rings. The highest BCUT2D eigenvalue weighted by molar-refractivity contribution is 9.10. The molecule has 1 aliphatic rings. The second-order valence-corrected chi connectivity index (χ2v) is 5.38. The molecule has 88 valence electrons. The molecule has 0 aromatic heterocycles. The molecule has 1 aliphatic heterocycles. The minimum absolute atomic E-state index is 0.629. The quantitative estimate of drug-likeness (QED) is 0.923. The molecule has 1 aromatic carbocycles. The molecule has 0 bridgehead atoms. The fourth-order valence-corrected chi connectivity index (χ4v) is 3.21. The molecule has 2 rings (SSSR count). The average molecular weight is 283 g/mol. The van der Waals surface area contributed by atoms with Crippen LogP contribution in [-0.2, 0) is 0 Å². The molecule has 16 heavy (non-hydrogen) atoms. The first kappa shape index (κ1) is 11.9. The van der Waals surface area contributed by atoms with Gasteiger partial charge < -0.3 is 10.6 Å². The molecule has 0 radical (unpaired) electrons. The summed E-state index contributed by atoms with van der Waals surface area (Å²) in [5, 5.41) is 0. The van der Waals surface area contributed by atoms with Crippen LogP contribution in [0.15, 0.2) is 22.7 Å². The predicted octanol–water partition coefficient (Wildman–Crippen LogP) is 3.08. The average Bonchev–Trinajstić information content (AvgIpc) is 2.67. The lowest BCUT2D eigenvalue weighted by atomic mass is 10.1. The van der Waals surface area contributed by atoms with Crippen molar-refractivity contribution in [3.05, 3.63) is 28.2 Å². The zero-order valence-corrected chi connectivity index (χ0v) is 11.3. The Hall–Kier alpha value is -0.540. The number of halogens is 1. The second kappa shape index (κ2) is 5.19. The molecule has 1 saturated heterocycles. The van der Waals surface area contributed by atoms with Gasteiger partial charge in [-0.05, 0) is 66.4 Å². The Morgan fingerprint density at radius 2 is 2.31 bits per heavy atom. The van der Waals surface area contributed by atoms with Gasteiger partial charge in [-0.3, -0.25) is 0 Å². The van der Waals surface area contributed by atoms with Gasteiger partial charge >= 0.3 is 0 Å². The summed E-state index contributed by atoms with van der Waals surface area (Å²) in [5.41, 5.74) is 8.29. The first-order valence-corrected chi connectivity index (χ1v) is 6.74. The lowest BCUT2D eigenvalue weighted by Gasteiger charge is -2.27. The third-order valence-corrected chi connectivity index (χ3v) is 3.92. The summed E-state index contributed by atoms with van der Waals surface area (Å²) in [6, 6.07) is 7.21. The van der Waals surface area contributed by atoms with Gasteiger partial charge in [-0.2, -0.15) is 0 Å². The van der Waals surface area contributed by atoms with Crippen LogP contribution < -0.4 is 10.6 Å². The zero-order chi connectivity index (χ0) is 11.5. The first-order chi connectivity index (χ1) is 7.72. The Bertz CT molecular complexity index is 365. The lowest BCUT2D eigenvalue weighted by molar-refractivity contribution is 0.618. The molecule has 2 N–H and O–H groups in total. The van der Waals surface area contributed by atoms with Crippen molar-refractivity contribution in [3.8, 4) is 0 Å². The number of rotatable bonds is 3. The maximum atomic E-state index is 5.67. The number of hydrogen-bond donors (Lipinski definition) is 1. The predicted molar refractivity (Wildman–Crippen MR) is 72.9 cm³/mol. The molecule has 1 aromatic rings. The fourth-order valence-electron chi connectivity index (χ4n) is 2.49. The summed E-state index contributed by atoms with van der Waals surface area (Å²) in [5.74, 6) is 0. The van der Waals surface area contributed by atoms with E-state index in [-0.39, 0.29) is 0 Å². The maximum Gasteiger partial charge on any atom is 0.0513 e. The second-order valence-electron chi connectivity index (χ2n) is 4.52. The van der Waals surface area contributed by atoms with Crippen LogP contribution in [0.2, 0.25) is 0 Å². The van der Waals surface area contributed by atoms with Crippen LogP contribution in [0.5, 0.6) is 0 Å². The Kier molecular flexibility index (Phi) is 3.87. The molecule has 0 amide bonds. The van der Waals surface area contributed by atoms with Crippen molar-refractivity contribution in [2.75, 3.05) is 18.0 Å². The number of aryl methyl sites for hydroxylation is 1. The van der Waals surface area contributed by atoms with Crippen LogP contribution >= 0.6 is 15.9 Å². The number of benzene rings is 1. The van der Waals surface area contributed by atoms with Crippen molar-refractivity contribution in [1.29, 1.82) is 0 Å². The van der Waals surface area contributed by atoms with Crippen molar-refractivity contribution in [2.24, 2.45) is 5.73 Å². The molecule has 2 nitrogen and oxygen atoms in total. The smallest absolute Gasteiger partial charge is 0.0513 e. The van der Waals surface area contributed by atoms with Crippen molar-refractivity contribution in [2.45, 2.75) is 32.2 Å². The number of anilines is 1. The van der Waals surface area contributed by atoms with Crippen LogP contribution in [0.1, 0.15) is 24.8 Å².